The molecule has 6 bridgehead atoms. The van der Waals surface area contributed by atoms with Gasteiger partial charge in [-0.15, -0.1) is 0 Å². The Kier molecular flexibility index (Phi) is 0.863. The van der Waals surface area contributed by atoms with E-state index in [0.717, 1.165) is 23.7 Å². The molecule has 0 aromatic rings. The van der Waals surface area contributed by atoms with Gasteiger partial charge >= 0.3 is 0 Å². The molecule has 6 atom stereocenters. The average Bonchev–Trinajstić information content (AvgIpc) is 2.44. The van der Waals surface area contributed by atoms with Gasteiger partial charge in [-0.05, 0) is 56.3 Å². The highest BCUT2D eigenvalue weighted by Crippen LogP contribution is 2.68. The van der Waals surface area contributed by atoms with Crippen LogP contribution in [0.2, 0.25) is 0 Å². The molecular weight excluding hydrogens is 148 g/mol. The Morgan fingerprint density at radius 1 is 1.17 bits per heavy atom. The van der Waals surface area contributed by atoms with E-state index in [1.54, 1.807) is 0 Å². The van der Waals surface area contributed by atoms with Gasteiger partial charge < -0.3 is 4.74 Å². The summed E-state index contributed by atoms with van der Waals surface area (Å²) < 4.78 is 6.23. The summed E-state index contributed by atoms with van der Waals surface area (Å²) in [5.74, 6) is 3.92. The zero-order chi connectivity index (χ0) is 7.92. The SMILES string of the molecule is CC12OC3CC4CC3C1CCC42. The predicted octanol–water partition coefficient (Wildman–Crippen LogP) is 2.21. The van der Waals surface area contributed by atoms with Crippen molar-refractivity contribution in [2.24, 2.45) is 23.7 Å². The molecular formula is C11H16O. The quantitative estimate of drug-likeness (QED) is 0.533. The molecule has 2 aliphatic heterocycles. The highest BCUT2D eigenvalue weighted by atomic mass is 16.5. The Hall–Kier alpha value is -0.0400. The minimum Gasteiger partial charge on any atom is -0.371 e. The van der Waals surface area contributed by atoms with E-state index < -0.39 is 0 Å². The lowest BCUT2D eigenvalue weighted by Gasteiger charge is -2.41. The molecule has 12 heavy (non-hydrogen) atoms. The Balaban J connectivity index is 1.93. The third-order valence-corrected chi connectivity index (χ3v) is 5.34. The Labute approximate surface area is 73.5 Å². The van der Waals surface area contributed by atoms with E-state index in [1.807, 2.05) is 0 Å². The van der Waals surface area contributed by atoms with Gasteiger partial charge in [-0.1, -0.05) is 0 Å². The maximum absolute atomic E-state index is 6.23. The molecule has 3 saturated carbocycles. The molecule has 1 heteroatoms. The van der Waals surface area contributed by atoms with E-state index in [1.165, 1.54) is 25.7 Å². The summed E-state index contributed by atoms with van der Waals surface area (Å²) in [4.78, 5) is 0. The summed E-state index contributed by atoms with van der Waals surface area (Å²) in [7, 11) is 0. The van der Waals surface area contributed by atoms with Gasteiger partial charge in [0, 0.05) is 0 Å². The summed E-state index contributed by atoms with van der Waals surface area (Å²) in [6.07, 6.45) is 6.53. The van der Waals surface area contributed by atoms with Crippen molar-refractivity contribution in [2.75, 3.05) is 0 Å². The second-order valence-electron chi connectivity index (χ2n) is 5.53. The molecule has 5 rings (SSSR count). The largest absolute Gasteiger partial charge is 0.371 e. The standard InChI is InChI=1S/C11H16O/c1-11-8-2-3-9(11)7-4-6(8)5-10(7)12-11/h6-10H,2-5H2,1H3. The van der Waals surface area contributed by atoms with E-state index >= 15 is 0 Å². The minimum atomic E-state index is 0.344. The predicted molar refractivity (Wildman–Crippen MR) is 45.7 cm³/mol. The van der Waals surface area contributed by atoms with Gasteiger partial charge in [0.25, 0.3) is 0 Å². The third kappa shape index (κ3) is 0.454. The molecule has 5 aliphatic rings. The Morgan fingerprint density at radius 3 is 2.92 bits per heavy atom. The van der Waals surface area contributed by atoms with E-state index in [4.69, 9.17) is 4.74 Å². The first-order chi connectivity index (χ1) is 5.79. The smallest absolute Gasteiger partial charge is 0.0720 e. The Bertz CT molecular complexity index is 241. The van der Waals surface area contributed by atoms with Crippen molar-refractivity contribution in [1.29, 1.82) is 0 Å². The van der Waals surface area contributed by atoms with Gasteiger partial charge in [0.2, 0.25) is 0 Å². The van der Waals surface area contributed by atoms with Crippen molar-refractivity contribution in [2.45, 2.75) is 44.3 Å². The van der Waals surface area contributed by atoms with Crippen LogP contribution in [0.3, 0.4) is 0 Å². The van der Waals surface area contributed by atoms with Gasteiger partial charge in [0.05, 0.1) is 11.7 Å². The molecule has 1 nitrogen and oxygen atoms in total. The van der Waals surface area contributed by atoms with Crippen molar-refractivity contribution < 1.29 is 4.74 Å². The van der Waals surface area contributed by atoms with Crippen LogP contribution in [0, 0.1) is 23.7 Å². The normalized spacial score (nSPS) is 71.2. The lowest BCUT2D eigenvalue weighted by Crippen LogP contribution is -2.44. The summed E-state index contributed by atoms with van der Waals surface area (Å²) in [6.45, 7) is 2.40. The number of rotatable bonds is 0. The molecule has 0 N–H and O–H groups in total. The summed E-state index contributed by atoms with van der Waals surface area (Å²) in [5, 5.41) is 0. The first kappa shape index (κ1) is 6.42. The average molecular weight is 164 g/mol. The van der Waals surface area contributed by atoms with Crippen LogP contribution >= 0.6 is 0 Å². The molecule has 3 aliphatic carbocycles. The van der Waals surface area contributed by atoms with Crippen LogP contribution in [0.4, 0.5) is 0 Å². The topological polar surface area (TPSA) is 9.23 Å². The molecule has 6 unspecified atom stereocenters. The maximum atomic E-state index is 6.23. The van der Waals surface area contributed by atoms with Crippen LogP contribution in [-0.2, 0) is 4.74 Å². The highest BCUT2D eigenvalue weighted by molar-refractivity contribution is 5.16. The molecule has 0 amide bonds. The molecule has 0 aromatic heterocycles. The third-order valence-electron chi connectivity index (χ3n) is 5.34. The first-order valence-corrected chi connectivity index (χ1v) is 5.47. The minimum absolute atomic E-state index is 0.344. The molecule has 0 spiro atoms. The second-order valence-corrected chi connectivity index (χ2v) is 5.53. The monoisotopic (exact) mass is 164 g/mol. The van der Waals surface area contributed by atoms with Crippen LogP contribution < -0.4 is 0 Å². The zero-order valence-corrected chi connectivity index (χ0v) is 7.62. The molecule has 5 fully saturated rings. The van der Waals surface area contributed by atoms with Crippen molar-refractivity contribution in [1.82, 2.24) is 0 Å². The summed E-state index contributed by atoms with van der Waals surface area (Å²) >= 11 is 0. The maximum Gasteiger partial charge on any atom is 0.0720 e. The summed E-state index contributed by atoms with van der Waals surface area (Å²) in [5.41, 5.74) is 0.344. The van der Waals surface area contributed by atoms with Crippen LogP contribution in [0.15, 0.2) is 0 Å². The number of ether oxygens (including phenoxy) is 1. The summed E-state index contributed by atoms with van der Waals surface area (Å²) in [6, 6.07) is 0. The highest BCUT2D eigenvalue weighted by Gasteiger charge is 2.68. The van der Waals surface area contributed by atoms with Crippen LogP contribution in [0.25, 0.3) is 0 Å². The molecule has 0 aromatic carbocycles. The van der Waals surface area contributed by atoms with Crippen molar-refractivity contribution in [3.8, 4) is 0 Å². The number of hydrogen-bond donors (Lipinski definition) is 0. The zero-order valence-electron chi connectivity index (χ0n) is 7.62. The molecule has 2 saturated heterocycles. The Morgan fingerprint density at radius 2 is 2.00 bits per heavy atom. The lowest BCUT2D eigenvalue weighted by atomic mass is 9.70. The molecule has 66 valence electrons. The van der Waals surface area contributed by atoms with Gasteiger partial charge in [-0.25, -0.2) is 0 Å². The van der Waals surface area contributed by atoms with Gasteiger partial charge in [-0.3, -0.25) is 0 Å². The fourth-order valence-electron chi connectivity index (χ4n) is 5.01. The van der Waals surface area contributed by atoms with Crippen LogP contribution in [0.1, 0.15) is 32.6 Å². The lowest BCUT2D eigenvalue weighted by molar-refractivity contribution is -0.115. The van der Waals surface area contributed by atoms with Crippen molar-refractivity contribution >= 4 is 0 Å². The van der Waals surface area contributed by atoms with Gasteiger partial charge in [0.1, 0.15) is 0 Å². The van der Waals surface area contributed by atoms with Crippen molar-refractivity contribution in [3.63, 3.8) is 0 Å². The molecule has 0 radical (unpaired) electrons. The van der Waals surface area contributed by atoms with Crippen LogP contribution in [-0.4, -0.2) is 11.7 Å². The van der Waals surface area contributed by atoms with Crippen molar-refractivity contribution in [3.05, 3.63) is 0 Å². The number of hydrogen-bond acceptors (Lipinski definition) is 1. The first-order valence-electron chi connectivity index (χ1n) is 5.47. The van der Waals surface area contributed by atoms with E-state index in [2.05, 4.69) is 6.92 Å². The fourth-order valence-corrected chi connectivity index (χ4v) is 5.01. The molecule has 2 heterocycles. The van der Waals surface area contributed by atoms with Gasteiger partial charge in [-0.2, -0.15) is 0 Å². The van der Waals surface area contributed by atoms with E-state index in [-0.39, 0.29) is 0 Å². The van der Waals surface area contributed by atoms with E-state index in [9.17, 15) is 0 Å². The van der Waals surface area contributed by atoms with Gasteiger partial charge in [0.15, 0.2) is 0 Å². The fraction of sp³-hybridized carbons (Fsp3) is 1.00. The second kappa shape index (κ2) is 1.61. The van der Waals surface area contributed by atoms with E-state index in [0.29, 0.717) is 11.7 Å². The van der Waals surface area contributed by atoms with Crippen LogP contribution in [0.5, 0.6) is 0 Å².